The number of nitrogens with one attached hydrogen (secondary N) is 1. The molecule has 0 aliphatic heterocycles. The Morgan fingerprint density at radius 1 is 1.53 bits per heavy atom. The maximum atomic E-state index is 13.5. The Balaban J connectivity index is 1.95. The Morgan fingerprint density at radius 2 is 2.27 bits per heavy atom. The van der Waals surface area contributed by atoms with Gasteiger partial charge in [0.25, 0.3) is 0 Å². The molecule has 0 bridgehead atoms. The molecule has 0 saturated heterocycles. The van der Waals surface area contributed by atoms with Crippen LogP contribution in [0.2, 0.25) is 0 Å². The molecule has 0 heterocycles. The van der Waals surface area contributed by atoms with Gasteiger partial charge >= 0.3 is 0 Å². The van der Waals surface area contributed by atoms with Gasteiger partial charge < -0.3 is 10.1 Å². The predicted octanol–water partition coefficient (Wildman–Crippen LogP) is 2.33. The summed E-state index contributed by atoms with van der Waals surface area (Å²) < 4.78 is 18.4. The smallest absolute Gasteiger partial charge is 0.131 e. The van der Waals surface area contributed by atoms with E-state index in [2.05, 4.69) is 12.2 Å². The highest BCUT2D eigenvalue weighted by Crippen LogP contribution is 2.29. The summed E-state index contributed by atoms with van der Waals surface area (Å²) >= 11 is 0. The standard InChI is InChI=1S/C12H16FNO/c1-8-5-12(8)14-7-9-3-4-10(15-2)6-11(9)13/h3-4,6,8,12,14H,5,7H2,1-2H3. The number of hydrogen-bond acceptors (Lipinski definition) is 2. The fraction of sp³-hybridized carbons (Fsp3) is 0.500. The van der Waals surface area contributed by atoms with E-state index in [0.29, 0.717) is 23.9 Å². The lowest BCUT2D eigenvalue weighted by Gasteiger charge is -2.06. The van der Waals surface area contributed by atoms with E-state index < -0.39 is 0 Å². The average molecular weight is 209 g/mol. The Kier molecular flexibility index (Phi) is 2.91. The normalized spacial score (nSPS) is 23.9. The molecule has 1 aliphatic carbocycles. The van der Waals surface area contributed by atoms with Crippen LogP contribution < -0.4 is 10.1 Å². The molecule has 0 spiro atoms. The fourth-order valence-corrected chi connectivity index (χ4v) is 1.65. The summed E-state index contributed by atoms with van der Waals surface area (Å²) in [6.45, 7) is 2.80. The minimum atomic E-state index is -0.199. The molecule has 1 saturated carbocycles. The Labute approximate surface area is 89.4 Å². The first-order valence-corrected chi connectivity index (χ1v) is 5.26. The van der Waals surface area contributed by atoms with Gasteiger partial charge in [-0.05, 0) is 18.4 Å². The maximum Gasteiger partial charge on any atom is 0.131 e. The van der Waals surface area contributed by atoms with Gasteiger partial charge in [-0.2, -0.15) is 0 Å². The number of ether oxygens (including phenoxy) is 1. The highest BCUT2D eigenvalue weighted by molar-refractivity contribution is 5.28. The van der Waals surface area contributed by atoms with Crippen molar-refractivity contribution in [3.8, 4) is 5.75 Å². The highest BCUT2D eigenvalue weighted by atomic mass is 19.1. The van der Waals surface area contributed by atoms with Crippen LogP contribution in [0.15, 0.2) is 18.2 Å². The van der Waals surface area contributed by atoms with Crippen LogP contribution in [-0.2, 0) is 6.54 Å². The zero-order valence-corrected chi connectivity index (χ0v) is 9.09. The van der Waals surface area contributed by atoms with E-state index in [4.69, 9.17) is 4.74 Å². The lowest BCUT2D eigenvalue weighted by Crippen LogP contribution is -2.17. The molecule has 2 rings (SSSR count). The summed E-state index contributed by atoms with van der Waals surface area (Å²) in [4.78, 5) is 0. The maximum absolute atomic E-state index is 13.5. The molecular weight excluding hydrogens is 193 g/mol. The highest BCUT2D eigenvalue weighted by Gasteiger charge is 2.31. The summed E-state index contributed by atoms with van der Waals surface area (Å²) in [5.74, 6) is 1.11. The Hall–Kier alpha value is -1.09. The van der Waals surface area contributed by atoms with Crippen LogP contribution in [0.25, 0.3) is 0 Å². The minimum absolute atomic E-state index is 0.199. The number of halogens is 1. The lowest BCUT2D eigenvalue weighted by atomic mass is 10.2. The van der Waals surface area contributed by atoms with Gasteiger partial charge in [0.05, 0.1) is 7.11 Å². The number of benzene rings is 1. The lowest BCUT2D eigenvalue weighted by molar-refractivity contribution is 0.410. The van der Waals surface area contributed by atoms with Crippen molar-refractivity contribution in [2.45, 2.75) is 25.9 Å². The van der Waals surface area contributed by atoms with E-state index in [1.54, 1.807) is 19.2 Å². The number of methoxy groups -OCH3 is 1. The summed E-state index contributed by atoms with van der Waals surface area (Å²) in [6.07, 6.45) is 1.21. The van der Waals surface area contributed by atoms with Crippen molar-refractivity contribution in [1.82, 2.24) is 5.32 Å². The van der Waals surface area contributed by atoms with Crippen molar-refractivity contribution in [2.75, 3.05) is 7.11 Å². The van der Waals surface area contributed by atoms with Gasteiger partial charge in [0.2, 0.25) is 0 Å². The van der Waals surface area contributed by atoms with Gasteiger partial charge in [0, 0.05) is 24.2 Å². The summed E-state index contributed by atoms with van der Waals surface area (Å²) in [6, 6.07) is 5.56. The van der Waals surface area contributed by atoms with Crippen LogP contribution in [0.3, 0.4) is 0 Å². The van der Waals surface area contributed by atoms with Crippen LogP contribution in [0.5, 0.6) is 5.75 Å². The molecule has 1 N–H and O–H groups in total. The van der Waals surface area contributed by atoms with Crippen LogP contribution in [0, 0.1) is 11.7 Å². The predicted molar refractivity (Wildman–Crippen MR) is 57.4 cm³/mol. The SMILES string of the molecule is COc1ccc(CNC2CC2C)c(F)c1. The number of rotatable bonds is 4. The molecule has 15 heavy (non-hydrogen) atoms. The summed E-state index contributed by atoms with van der Waals surface area (Å²) in [5.41, 5.74) is 0.704. The van der Waals surface area contributed by atoms with E-state index in [0.717, 1.165) is 5.92 Å². The monoisotopic (exact) mass is 209 g/mol. The molecule has 1 fully saturated rings. The molecule has 2 nitrogen and oxygen atoms in total. The third-order valence-corrected chi connectivity index (χ3v) is 2.92. The van der Waals surface area contributed by atoms with Crippen LogP contribution >= 0.6 is 0 Å². The van der Waals surface area contributed by atoms with E-state index >= 15 is 0 Å². The third kappa shape index (κ3) is 2.48. The van der Waals surface area contributed by atoms with Crippen molar-refractivity contribution in [1.29, 1.82) is 0 Å². The molecule has 0 aromatic heterocycles. The van der Waals surface area contributed by atoms with Crippen LogP contribution in [0.1, 0.15) is 18.9 Å². The van der Waals surface area contributed by atoms with Gasteiger partial charge in [-0.15, -0.1) is 0 Å². The third-order valence-electron chi connectivity index (χ3n) is 2.92. The van der Waals surface area contributed by atoms with E-state index in [9.17, 15) is 4.39 Å². The van der Waals surface area contributed by atoms with Gasteiger partial charge in [0.15, 0.2) is 0 Å². The van der Waals surface area contributed by atoms with Crippen LogP contribution in [0.4, 0.5) is 4.39 Å². The molecule has 1 aromatic rings. The second-order valence-electron chi connectivity index (χ2n) is 4.16. The second-order valence-corrected chi connectivity index (χ2v) is 4.16. The minimum Gasteiger partial charge on any atom is -0.497 e. The topological polar surface area (TPSA) is 21.3 Å². The Bertz CT molecular complexity index is 353. The van der Waals surface area contributed by atoms with E-state index in [1.165, 1.54) is 12.5 Å². The van der Waals surface area contributed by atoms with Crippen LogP contribution in [-0.4, -0.2) is 13.2 Å². The molecule has 2 atom stereocenters. The average Bonchev–Trinajstić information content (AvgIpc) is 2.93. The first-order chi connectivity index (χ1) is 7.20. The zero-order chi connectivity index (χ0) is 10.8. The summed E-state index contributed by atoms with van der Waals surface area (Å²) in [7, 11) is 1.54. The van der Waals surface area contributed by atoms with Gasteiger partial charge in [0.1, 0.15) is 11.6 Å². The van der Waals surface area contributed by atoms with E-state index in [-0.39, 0.29) is 5.82 Å². The van der Waals surface area contributed by atoms with E-state index in [1.807, 2.05) is 0 Å². The molecule has 2 unspecified atom stereocenters. The van der Waals surface area contributed by atoms with Gasteiger partial charge in [-0.3, -0.25) is 0 Å². The first-order valence-electron chi connectivity index (χ1n) is 5.26. The van der Waals surface area contributed by atoms with Crippen molar-refractivity contribution >= 4 is 0 Å². The zero-order valence-electron chi connectivity index (χ0n) is 9.09. The van der Waals surface area contributed by atoms with Gasteiger partial charge in [-0.25, -0.2) is 4.39 Å². The van der Waals surface area contributed by atoms with Crippen molar-refractivity contribution in [3.05, 3.63) is 29.6 Å². The Morgan fingerprint density at radius 3 is 2.80 bits per heavy atom. The molecule has 3 heteroatoms. The molecule has 0 amide bonds. The molecule has 0 radical (unpaired) electrons. The van der Waals surface area contributed by atoms with Gasteiger partial charge in [-0.1, -0.05) is 13.0 Å². The molecular formula is C12H16FNO. The largest absolute Gasteiger partial charge is 0.497 e. The second kappa shape index (κ2) is 4.19. The molecule has 82 valence electrons. The quantitative estimate of drug-likeness (QED) is 0.821. The summed E-state index contributed by atoms with van der Waals surface area (Å²) in [5, 5.41) is 3.32. The van der Waals surface area contributed by atoms with Crippen molar-refractivity contribution in [3.63, 3.8) is 0 Å². The molecule has 1 aliphatic rings. The molecule has 1 aromatic carbocycles. The number of hydrogen-bond donors (Lipinski definition) is 1. The van der Waals surface area contributed by atoms with Crippen molar-refractivity contribution in [2.24, 2.45) is 5.92 Å². The fourth-order valence-electron chi connectivity index (χ4n) is 1.65. The van der Waals surface area contributed by atoms with Crippen molar-refractivity contribution < 1.29 is 9.13 Å². The first kappa shape index (κ1) is 10.4.